The summed E-state index contributed by atoms with van der Waals surface area (Å²) in [5.74, 6) is -0.455. The van der Waals surface area contributed by atoms with Crippen LogP contribution in [0.2, 0.25) is 0 Å². The smallest absolute Gasteiger partial charge is 0.274 e. The average Bonchev–Trinajstić information content (AvgIpc) is 3.66. The zero-order valence-corrected chi connectivity index (χ0v) is 24.5. The molecule has 0 amide bonds. The molecule has 218 valence electrons. The Bertz CT molecular complexity index is 2020. The molecule has 2 aliphatic heterocycles. The number of rotatable bonds is 6. The molecule has 1 saturated heterocycles. The Balaban J connectivity index is 1.45. The number of nitrogens with zero attached hydrogens (tertiary/aromatic N) is 4. The summed E-state index contributed by atoms with van der Waals surface area (Å²) in [7, 11) is -8.16. The van der Waals surface area contributed by atoms with E-state index in [-0.39, 0.29) is 28.1 Å². The van der Waals surface area contributed by atoms with Crippen LogP contribution in [0.25, 0.3) is 11.3 Å². The first-order valence-corrected chi connectivity index (χ1v) is 16.7. The lowest BCUT2D eigenvalue weighted by Crippen LogP contribution is -2.37. The highest BCUT2D eigenvalue weighted by Gasteiger charge is 2.50. The molecule has 5 aromatic rings. The van der Waals surface area contributed by atoms with Crippen LogP contribution in [0.1, 0.15) is 28.9 Å². The Morgan fingerprint density at radius 3 is 1.98 bits per heavy atom. The SMILES string of the molecule is O=S(=O)(c1ccccc1)N1C[C@@H]2c3ccccc3CCN2[C@H]1c1cn(S(=O)(=O)c2ccccc2)nc1-c1ccc(F)cc1. The van der Waals surface area contributed by atoms with Crippen molar-refractivity contribution in [1.29, 1.82) is 0 Å². The van der Waals surface area contributed by atoms with Crippen LogP contribution >= 0.6 is 0 Å². The molecule has 2 aliphatic rings. The minimum Gasteiger partial charge on any atom is -0.274 e. The fourth-order valence-electron chi connectivity index (χ4n) is 6.10. The molecule has 0 spiro atoms. The van der Waals surface area contributed by atoms with E-state index in [9.17, 15) is 21.2 Å². The van der Waals surface area contributed by atoms with Gasteiger partial charge >= 0.3 is 0 Å². The lowest BCUT2D eigenvalue weighted by atomic mass is 9.93. The maximum atomic E-state index is 14.3. The molecule has 4 aromatic carbocycles. The number of hydrogen-bond acceptors (Lipinski definition) is 6. The van der Waals surface area contributed by atoms with Crippen LogP contribution in [-0.4, -0.2) is 48.3 Å². The molecule has 1 fully saturated rings. The highest BCUT2D eigenvalue weighted by molar-refractivity contribution is 7.90. The van der Waals surface area contributed by atoms with Crippen molar-refractivity contribution in [3.8, 4) is 11.3 Å². The van der Waals surface area contributed by atoms with Gasteiger partial charge in [0.2, 0.25) is 10.0 Å². The van der Waals surface area contributed by atoms with Crippen LogP contribution in [0, 0.1) is 5.82 Å². The van der Waals surface area contributed by atoms with E-state index in [1.807, 2.05) is 18.2 Å². The first-order chi connectivity index (χ1) is 20.7. The average molecular weight is 615 g/mol. The largest absolute Gasteiger partial charge is 0.282 e. The van der Waals surface area contributed by atoms with Crippen molar-refractivity contribution < 1.29 is 21.2 Å². The van der Waals surface area contributed by atoms with Crippen molar-refractivity contribution in [3.05, 3.63) is 138 Å². The number of sulfonamides is 1. The van der Waals surface area contributed by atoms with Crippen LogP contribution in [0.3, 0.4) is 0 Å². The number of halogens is 1. The summed E-state index contributed by atoms with van der Waals surface area (Å²) in [6.07, 6.45) is 1.23. The van der Waals surface area contributed by atoms with E-state index < -0.39 is 32.0 Å². The maximum Gasteiger partial charge on any atom is 0.282 e. The van der Waals surface area contributed by atoms with Gasteiger partial charge in [-0.05, 0) is 66.1 Å². The van der Waals surface area contributed by atoms with Gasteiger partial charge in [-0.25, -0.2) is 12.8 Å². The maximum absolute atomic E-state index is 14.3. The van der Waals surface area contributed by atoms with Crippen LogP contribution in [0.4, 0.5) is 4.39 Å². The van der Waals surface area contributed by atoms with Gasteiger partial charge in [-0.3, -0.25) is 4.90 Å². The Kier molecular flexibility index (Phi) is 6.77. The molecule has 0 N–H and O–H groups in total. The first kappa shape index (κ1) is 27.7. The monoisotopic (exact) mass is 614 g/mol. The third-order valence-electron chi connectivity index (χ3n) is 8.15. The van der Waals surface area contributed by atoms with E-state index >= 15 is 0 Å². The number of benzene rings is 4. The summed E-state index contributed by atoms with van der Waals surface area (Å²) < 4.78 is 72.4. The molecule has 0 bridgehead atoms. The molecule has 7 rings (SSSR count). The summed E-state index contributed by atoms with van der Waals surface area (Å²) >= 11 is 0. The third-order valence-corrected chi connectivity index (χ3v) is 11.5. The third kappa shape index (κ3) is 4.69. The van der Waals surface area contributed by atoms with Crippen molar-refractivity contribution in [2.45, 2.75) is 28.4 Å². The minimum atomic E-state index is -4.12. The quantitative estimate of drug-likeness (QED) is 0.260. The van der Waals surface area contributed by atoms with Gasteiger partial charge in [0.25, 0.3) is 10.0 Å². The number of aromatic nitrogens is 2. The number of hydrogen-bond donors (Lipinski definition) is 0. The molecule has 43 heavy (non-hydrogen) atoms. The second kappa shape index (κ2) is 10.5. The van der Waals surface area contributed by atoms with Crippen molar-refractivity contribution in [1.82, 2.24) is 18.4 Å². The van der Waals surface area contributed by atoms with Crippen LogP contribution in [0.5, 0.6) is 0 Å². The molecule has 0 saturated carbocycles. The summed E-state index contributed by atoms with van der Waals surface area (Å²) in [5.41, 5.74) is 3.32. The molecule has 1 aromatic heterocycles. The van der Waals surface area contributed by atoms with Crippen LogP contribution in [0.15, 0.2) is 125 Å². The lowest BCUT2D eigenvalue weighted by Gasteiger charge is -2.35. The van der Waals surface area contributed by atoms with Crippen LogP contribution in [-0.2, 0) is 26.5 Å². The standard InChI is InChI=1S/C32H27FN4O4S2/c33-25-17-15-24(16-18-25)31-29(21-37(34-31)43(40,41)27-12-5-2-6-13-27)32-35-20-19-23-9-7-8-14-28(23)30(35)22-36(32)42(38,39)26-10-3-1-4-11-26/h1-18,21,30,32H,19-20,22H2/t30-,32-/m1/s1. The van der Waals surface area contributed by atoms with Gasteiger partial charge in [0.05, 0.1) is 21.5 Å². The van der Waals surface area contributed by atoms with E-state index in [0.29, 0.717) is 24.1 Å². The topological polar surface area (TPSA) is 92.6 Å². The molecule has 3 heterocycles. The highest BCUT2D eigenvalue weighted by Crippen LogP contribution is 2.48. The van der Waals surface area contributed by atoms with Gasteiger partial charge < -0.3 is 0 Å². The lowest BCUT2D eigenvalue weighted by molar-refractivity contribution is 0.155. The zero-order chi connectivity index (χ0) is 29.8. The fraction of sp³-hybridized carbons (Fsp3) is 0.156. The van der Waals surface area contributed by atoms with Gasteiger partial charge in [0.15, 0.2) is 0 Å². The van der Waals surface area contributed by atoms with Crippen molar-refractivity contribution in [2.24, 2.45) is 0 Å². The normalized spacial score (nSPS) is 19.2. The molecular formula is C32H27FN4O4S2. The molecule has 11 heteroatoms. The molecule has 0 unspecified atom stereocenters. The first-order valence-electron chi connectivity index (χ1n) is 13.8. The van der Waals surface area contributed by atoms with E-state index in [1.165, 1.54) is 46.9 Å². The van der Waals surface area contributed by atoms with Gasteiger partial charge in [0, 0.05) is 30.4 Å². The van der Waals surface area contributed by atoms with Gasteiger partial charge in [0.1, 0.15) is 12.0 Å². The van der Waals surface area contributed by atoms with E-state index in [2.05, 4.69) is 16.1 Å². The summed E-state index contributed by atoms with van der Waals surface area (Å²) in [5, 5.41) is 4.53. The van der Waals surface area contributed by atoms with Gasteiger partial charge in [-0.2, -0.15) is 21.9 Å². The van der Waals surface area contributed by atoms with Crippen molar-refractivity contribution >= 4 is 20.0 Å². The Morgan fingerprint density at radius 1 is 0.698 bits per heavy atom. The van der Waals surface area contributed by atoms with Gasteiger partial charge in [-0.1, -0.05) is 60.7 Å². The predicted molar refractivity (Wildman–Crippen MR) is 159 cm³/mol. The van der Waals surface area contributed by atoms with Crippen molar-refractivity contribution in [2.75, 3.05) is 13.1 Å². The Labute approximate surface area is 249 Å². The molecule has 8 nitrogen and oxygen atoms in total. The van der Waals surface area contributed by atoms with Gasteiger partial charge in [-0.15, -0.1) is 0 Å². The fourth-order valence-corrected chi connectivity index (χ4v) is 8.87. The molecule has 2 atom stereocenters. The summed E-state index contributed by atoms with van der Waals surface area (Å²) in [6, 6.07) is 29.5. The van der Waals surface area contributed by atoms with Crippen LogP contribution < -0.4 is 0 Å². The summed E-state index contributed by atoms with van der Waals surface area (Å²) in [4.78, 5) is 2.28. The van der Waals surface area contributed by atoms with E-state index in [1.54, 1.807) is 48.5 Å². The summed E-state index contributed by atoms with van der Waals surface area (Å²) in [6.45, 7) is 0.713. The molecule has 0 aliphatic carbocycles. The van der Waals surface area contributed by atoms with E-state index in [0.717, 1.165) is 15.2 Å². The molecular weight excluding hydrogens is 588 g/mol. The minimum absolute atomic E-state index is 0.0414. The van der Waals surface area contributed by atoms with E-state index in [4.69, 9.17) is 0 Å². The second-order valence-corrected chi connectivity index (χ2v) is 14.3. The highest BCUT2D eigenvalue weighted by atomic mass is 32.2. The van der Waals surface area contributed by atoms with Crippen molar-refractivity contribution in [3.63, 3.8) is 0 Å². The second-order valence-electron chi connectivity index (χ2n) is 10.6. The zero-order valence-electron chi connectivity index (χ0n) is 22.9. The Hall–Kier alpha value is -4.16. The Morgan fingerprint density at radius 2 is 1.30 bits per heavy atom. The molecule has 0 radical (unpaired) electrons. The predicted octanol–water partition coefficient (Wildman–Crippen LogP) is 5.23. The number of fused-ring (bicyclic) bond motifs is 3.